The minimum atomic E-state index is -0.428. The molecule has 0 saturated carbocycles. The molecule has 1 unspecified atom stereocenters. The van der Waals surface area contributed by atoms with E-state index >= 15 is 0 Å². The Labute approximate surface area is 104 Å². The number of ketones is 1. The second-order valence-corrected chi connectivity index (χ2v) is 5.30. The van der Waals surface area contributed by atoms with Crippen molar-refractivity contribution in [2.75, 3.05) is 5.73 Å². The maximum absolute atomic E-state index is 12.4. The van der Waals surface area contributed by atoms with Crippen LogP contribution in [0.1, 0.15) is 46.1 Å². The third-order valence-corrected chi connectivity index (χ3v) is 3.42. The topological polar surface area (TPSA) is 43.1 Å². The highest BCUT2D eigenvalue weighted by molar-refractivity contribution is 5.91. The van der Waals surface area contributed by atoms with Gasteiger partial charge in [-0.3, -0.25) is 4.79 Å². The van der Waals surface area contributed by atoms with Gasteiger partial charge in [-0.2, -0.15) is 0 Å². The SMILES string of the molecule is CCCC(C)C(=O)C(C)(C)c1ccc(N)cc1. The lowest BCUT2D eigenvalue weighted by atomic mass is 9.75. The van der Waals surface area contributed by atoms with Gasteiger partial charge in [0, 0.05) is 17.0 Å². The van der Waals surface area contributed by atoms with Crippen molar-refractivity contribution in [1.29, 1.82) is 0 Å². The summed E-state index contributed by atoms with van der Waals surface area (Å²) in [4.78, 5) is 12.4. The molecule has 0 aliphatic heterocycles. The second-order valence-electron chi connectivity index (χ2n) is 5.30. The molecule has 1 atom stereocenters. The van der Waals surface area contributed by atoms with Crippen molar-refractivity contribution in [3.63, 3.8) is 0 Å². The molecular weight excluding hydrogens is 210 g/mol. The molecule has 0 bridgehead atoms. The number of Topliss-reactive ketones (excluding diaryl/α,β-unsaturated/α-hetero) is 1. The third-order valence-electron chi connectivity index (χ3n) is 3.42. The van der Waals surface area contributed by atoms with Crippen LogP contribution in [-0.2, 0) is 10.2 Å². The maximum Gasteiger partial charge on any atom is 0.145 e. The minimum absolute atomic E-state index is 0.118. The number of hydrogen-bond acceptors (Lipinski definition) is 2. The molecule has 1 aromatic carbocycles. The molecule has 0 aliphatic rings. The van der Waals surface area contributed by atoms with E-state index in [1.54, 1.807) is 0 Å². The van der Waals surface area contributed by atoms with Crippen LogP contribution in [0.25, 0.3) is 0 Å². The number of rotatable bonds is 5. The van der Waals surface area contributed by atoms with Crippen LogP contribution < -0.4 is 5.73 Å². The standard InChI is InChI=1S/C15H23NO/c1-5-6-11(2)14(17)15(3,4)12-7-9-13(16)10-8-12/h7-11H,5-6,16H2,1-4H3. The normalized spacial score (nSPS) is 13.4. The monoisotopic (exact) mass is 233 g/mol. The Kier molecular flexibility index (Phi) is 4.33. The lowest BCUT2D eigenvalue weighted by Crippen LogP contribution is -2.33. The fraction of sp³-hybridized carbons (Fsp3) is 0.533. The summed E-state index contributed by atoms with van der Waals surface area (Å²) in [5, 5.41) is 0. The summed E-state index contributed by atoms with van der Waals surface area (Å²) in [6.07, 6.45) is 2.00. The van der Waals surface area contributed by atoms with E-state index in [0.29, 0.717) is 5.78 Å². The van der Waals surface area contributed by atoms with Gasteiger partial charge in [-0.25, -0.2) is 0 Å². The second kappa shape index (κ2) is 5.35. The van der Waals surface area contributed by atoms with Crippen LogP contribution in [0.15, 0.2) is 24.3 Å². The van der Waals surface area contributed by atoms with Crippen molar-refractivity contribution in [3.05, 3.63) is 29.8 Å². The van der Waals surface area contributed by atoms with Crippen molar-refractivity contribution in [1.82, 2.24) is 0 Å². The predicted octanol–water partition coefficient (Wildman–Crippen LogP) is 3.55. The van der Waals surface area contributed by atoms with Crippen LogP contribution in [0.2, 0.25) is 0 Å². The van der Waals surface area contributed by atoms with E-state index in [1.165, 1.54) is 0 Å². The zero-order chi connectivity index (χ0) is 13.1. The number of nitrogens with two attached hydrogens (primary N) is 1. The van der Waals surface area contributed by atoms with Crippen LogP contribution in [0.3, 0.4) is 0 Å². The smallest absolute Gasteiger partial charge is 0.145 e. The quantitative estimate of drug-likeness (QED) is 0.790. The predicted molar refractivity (Wildman–Crippen MR) is 73.0 cm³/mol. The van der Waals surface area contributed by atoms with Gasteiger partial charge in [0.05, 0.1) is 0 Å². The maximum atomic E-state index is 12.4. The number of nitrogen functional groups attached to an aromatic ring is 1. The first-order valence-electron chi connectivity index (χ1n) is 6.30. The first-order chi connectivity index (χ1) is 7.89. The highest BCUT2D eigenvalue weighted by atomic mass is 16.1. The van der Waals surface area contributed by atoms with Gasteiger partial charge in [-0.15, -0.1) is 0 Å². The van der Waals surface area contributed by atoms with E-state index < -0.39 is 5.41 Å². The van der Waals surface area contributed by atoms with Gasteiger partial charge >= 0.3 is 0 Å². The van der Waals surface area contributed by atoms with Crippen LogP contribution in [0.4, 0.5) is 5.69 Å². The van der Waals surface area contributed by atoms with E-state index in [0.717, 1.165) is 24.1 Å². The van der Waals surface area contributed by atoms with E-state index in [9.17, 15) is 4.79 Å². The summed E-state index contributed by atoms with van der Waals surface area (Å²) in [5.41, 5.74) is 7.02. The Balaban J connectivity index is 2.93. The first kappa shape index (κ1) is 13.8. The molecule has 0 fully saturated rings. The van der Waals surface area contributed by atoms with E-state index in [2.05, 4.69) is 6.92 Å². The van der Waals surface area contributed by atoms with Crippen LogP contribution in [0.5, 0.6) is 0 Å². The molecule has 1 rings (SSSR count). The van der Waals surface area contributed by atoms with Crippen LogP contribution in [-0.4, -0.2) is 5.78 Å². The summed E-state index contributed by atoms with van der Waals surface area (Å²) in [6.45, 7) is 8.12. The Bertz CT molecular complexity index is 378. The van der Waals surface area contributed by atoms with Crippen molar-refractivity contribution >= 4 is 11.5 Å². The average molecular weight is 233 g/mol. The molecule has 2 N–H and O–H groups in total. The molecule has 0 aromatic heterocycles. The molecule has 2 nitrogen and oxygen atoms in total. The van der Waals surface area contributed by atoms with E-state index in [4.69, 9.17) is 5.73 Å². The summed E-state index contributed by atoms with van der Waals surface area (Å²) < 4.78 is 0. The Morgan fingerprint density at radius 3 is 2.29 bits per heavy atom. The average Bonchev–Trinajstić information content (AvgIpc) is 2.29. The van der Waals surface area contributed by atoms with Crippen molar-refractivity contribution in [3.8, 4) is 0 Å². The highest BCUT2D eigenvalue weighted by Gasteiger charge is 2.32. The lowest BCUT2D eigenvalue weighted by molar-refractivity contribution is -0.127. The minimum Gasteiger partial charge on any atom is -0.399 e. The first-order valence-corrected chi connectivity index (χ1v) is 6.30. The molecule has 0 saturated heterocycles. The van der Waals surface area contributed by atoms with E-state index in [1.807, 2.05) is 45.0 Å². The summed E-state index contributed by atoms with van der Waals surface area (Å²) in [7, 11) is 0. The summed E-state index contributed by atoms with van der Waals surface area (Å²) >= 11 is 0. The zero-order valence-corrected chi connectivity index (χ0v) is 11.3. The summed E-state index contributed by atoms with van der Waals surface area (Å²) in [6, 6.07) is 7.61. The zero-order valence-electron chi connectivity index (χ0n) is 11.3. The van der Waals surface area contributed by atoms with Gasteiger partial charge in [0.2, 0.25) is 0 Å². The number of anilines is 1. The van der Waals surface area contributed by atoms with Crippen LogP contribution >= 0.6 is 0 Å². The molecule has 0 radical (unpaired) electrons. The van der Waals surface area contributed by atoms with Gasteiger partial charge in [0.15, 0.2) is 0 Å². The fourth-order valence-electron chi connectivity index (χ4n) is 2.22. The molecule has 0 heterocycles. The van der Waals surface area contributed by atoms with Crippen molar-refractivity contribution < 1.29 is 4.79 Å². The largest absolute Gasteiger partial charge is 0.399 e. The van der Waals surface area contributed by atoms with Crippen molar-refractivity contribution in [2.45, 2.75) is 46.0 Å². The van der Waals surface area contributed by atoms with Gasteiger partial charge in [-0.1, -0.05) is 32.4 Å². The molecule has 1 aromatic rings. The lowest BCUT2D eigenvalue weighted by Gasteiger charge is -2.27. The molecule has 0 aliphatic carbocycles. The van der Waals surface area contributed by atoms with E-state index in [-0.39, 0.29) is 5.92 Å². The molecule has 0 amide bonds. The summed E-state index contributed by atoms with van der Waals surface area (Å²) in [5.74, 6) is 0.427. The third kappa shape index (κ3) is 3.09. The number of carbonyl (C=O) groups excluding carboxylic acids is 1. The number of carbonyl (C=O) groups is 1. The van der Waals surface area contributed by atoms with Crippen molar-refractivity contribution in [2.24, 2.45) is 5.92 Å². The Morgan fingerprint density at radius 1 is 1.29 bits per heavy atom. The Morgan fingerprint density at radius 2 is 1.82 bits per heavy atom. The molecule has 94 valence electrons. The van der Waals surface area contributed by atoms with Gasteiger partial charge < -0.3 is 5.73 Å². The van der Waals surface area contributed by atoms with Gasteiger partial charge in [0.25, 0.3) is 0 Å². The fourth-order valence-corrected chi connectivity index (χ4v) is 2.22. The molecule has 0 spiro atoms. The molecular formula is C15H23NO. The number of benzene rings is 1. The Hall–Kier alpha value is -1.31. The molecule has 2 heteroatoms. The van der Waals surface area contributed by atoms with Gasteiger partial charge in [0.1, 0.15) is 5.78 Å². The molecule has 17 heavy (non-hydrogen) atoms. The number of hydrogen-bond donors (Lipinski definition) is 1. The highest BCUT2D eigenvalue weighted by Crippen LogP contribution is 2.29. The van der Waals surface area contributed by atoms with Gasteiger partial charge in [-0.05, 0) is 38.0 Å². The van der Waals surface area contributed by atoms with Crippen LogP contribution in [0, 0.1) is 5.92 Å².